The van der Waals surface area contributed by atoms with E-state index < -0.39 is 6.04 Å². The number of amides is 1. The second kappa shape index (κ2) is 9.10. The first-order chi connectivity index (χ1) is 16.8. The van der Waals surface area contributed by atoms with E-state index in [1.807, 2.05) is 65.6 Å². The van der Waals surface area contributed by atoms with Crippen LogP contribution in [-0.4, -0.2) is 18.2 Å². The van der Waals surface area contributed by atoms with E-state index in [0.29, 0.717) is 17.8 Å². The summed E-state index contributed by atoms with van der Waals surface area (Å²) in [4.78, 5) is 28.9. The Balaban J connectivity index is 1.56. The van der Waals surface area contributed by atoms with Gasteiger partial charge in [-0.05, 0) is 60.2 Å². The van der Waals surface area contributed by atoms with Crippen LogP contribution in [0.5, 0.6) is 0 Å². The Bertz CT molecular complexity index is 1270. The molecule has 6 nitrogen and oxygen atoms in total. The Morgan fingerprint density at radius 2 is 1.86 bits per heavy atom. The molecule has 0 bridgehead atoms. The number of rotatable bonds is 5. The predicted molar refractivity (Wildman–Crippen MR) is 138 cm³/mol. The lowest BCUT2D eigenvalue weighted by Gasteiger charge is -2.36. The van der Waals surface area contributed by atoms with E-state index in [1.54, 1.807) is 6.26 Å². The Hall–Kier alpha value is -3.80. The van der Waals surface area contributed by atoms with Gasteiger partial charge in [-0.25, -0.2) is 0 Å². The van der Waals surface area contributed by atoms with Crippen molar-refractivity contribution in [2.75, 3.05) is 22.1 Å². The summed E-state index contributed by atoms with van der Waals surface area (Å²) in [5.74, 6) is 0.566. The number of hydrogen-bond acceptors (Lipinski definition) is 5. The highest BCUT2D eigenvalue weighted by molar-refractivity contribution is 6.02. The van der Waals surface area contributed by atoms with Gasteiger partial charge >= 0.3 is 0 Å². The lowest BCUT2D eigenvalue weighted by Crippen LogP contribution is -2.40. The van der Waals surface area contributed by atoms with Crippen molar-refractivity contribution in [2.24, 2.45) is 5.41 Å². The standard InChI is InChI=1S/C29H31N3O3/c1-4-19-11-13-20(14-12-19)30-26(34)18-32-23-9-6-5-8-21(23)31-22-16-29(2,3)17-24(33)27(22)28(32)25-10-7-15-35-25/h5-15,28,31H,4,16-18H2,1-3H3,(H,30,34)/t28-/m0/s1. The van der Waals surface area contributed by atoms with Gasteiger partial charge in [0.25, 0.3) is 0 Å². The zero-order valence-electron chi connectivity index (χ0n) is 20.4. The third kappa shape index (κ3) is 4.61. The fourth-order valence-corrected chi connectivity index (χ4v) is 5.15. The molecule has 35 heavy (non-hydrogen) atoms. The summed E-state index contributed by atoms with van der Waals surface area (Å²) in [6.07, 6.45) is 3.75. The van der Waals surface area contributed by atoms with Crippen molar-refractivity contribution < 1.29 is 14.0 Å². The van der Waals surface area contributed by atoms with Crippen molar-refractivity contribution in [1.29, 1.82) is 0 Å². The van der Waals surface area contributed by atoms with E-state index in [1.165, 1.54) is 5.56 Å². The number of allylic oxidation sites excluding steroid dienone is 1. The van der Waals surface area contributed by atoms with Crippen LogP contribution in [0, 0.1) is 5.41 Å². The molecule has 1 aliphatic heterocycles. The Morgan fingerprint density at radius 1 is 1.09 bits per heavy atom. The molecular weight excluding hydrogens is 438 g/mol. The molecule has 3 aromatic rings. The van der Waals surface area contributed by atoms with E-state index in [9.17, 15) is 9.59 Å². The molecule has 1 aromatic heterocycles. The number of benzene rings is 2. The van der Waals surface area contributed by atoms with Crippen molar-refractivity contribution in [3.63, 3.8) is 0 Å². The molecule has 0 spiro atoms. The van der Waals surface area contributed by atoms with Crippen molar-refractivity contribution in [1.82, 2.24) is 0 Å². The van der Waals surface area contributed by atoms with Crippen molar-refractivity contribution in [3.8, 4) is 0 Å². The number of hydrogen-bond donors (Lipinski definition) is 2. The average Bonchev–Trinajstić information content (AvgIpc) is 3.31. The number of ketones is 1. The van der Waals surface area contributed by atoms with Gasteiger partial charge in [-0.1, -0.05) is 45.0 Å². The van der Waals surface area contributed by atoms with Gasteiger partial charge in [-0.15, -0.1) is 0 Å². The number of carbonyl (C=O) groups is 2. The lowest BCUT2D eigenvalue weighted by atomic mass is 9.74. The SMILES string of the molecule is CCc1ccc(NC(=O)CN2c3ccccc3NC3=C(C(=O)CC(C)(C)C3)[C@@H]2c2ccco2)cc1. The van der Waals surface area contributed by atoms with Crippen molar-refractivity contribution >= 4 is 28.8 Å². The Kier molecular flexibility index (Phi) is 5.97. The number of fused-ring (bicyclic) bond motifs is 1. The summed E-state index contributed by atoms with van der Waals surface area (Å²) in [6.45, 7) is 6.39. The molecule has 0 fully saturated rings. The molecule has 1 amide bonds. The number of nitrogens with one attached hydrogen (secondary N) is 2. The number of furan rings is 1. The van der Waals surface area contributed by atoms with Crippen LogP contribution in [0.4, 0.5) is 17.1 Å². The maximum absolute atomic E-state index is 13.6. The number of para-hydroxylation sites is 2. The molecular formula is C29H31N3O3. The van der Waals surface area contributed by atoms with Crippen molar-refractivity contribution in [3.05, 3.63) is 89.5 Å². The number of aryl methyl sites for hydroxylation is 1. The monoisotopic (exact) mass is 469 g/mol. The van der Waals surface area contributed by atoms with Gasteiger partial charge in [0.15, 0.2) is 5.78 Å². The van der Waals surface area contributed by atoms with Crippen LogP contribution in [0.1, 0.15) is 51.0 Å². The quantitative estimate of drug-likeness (QED) is 0.472. The van der Waals surface area contributed by atoms with Crippen LogP contribution >= 0.6 is 0 Å². The Morgan fingerprint density at radius 3 is 2.57 bits per heavy atom. The molecule has 1 atom stereocenters. The number of Topliss-reactive ketones (excluding diaryl/α,β-unsaturated/α-hetero) is 1. The first kappa shape index (κ1) is 23.0. The first-order valence-electron chi connectivity index (χ1n) is 12.2. The van der Waals surface area contributed by atoms with Gasteiger partial charge in [0, 0.05) is 23.4 Å². The highest BCUT2D eigenvalue weighted by atomic mass is 16.3. The molecule has 0 unspecified atom stereocenters. The topological polar surface area (TPSA) is 74.6 Å². The number of anilines is 3. The zero-order valence-corrected chi connectivity index (χ0v) is 20.4. The summed E-state index contributed by atoms with van der Waals surface area (Å²) in [6, 6.07) is 19.0. The van der Waals surface area contributed by atoms with Crippen LogP contribution in [0.2, 0.25) is 0 Å². The van der Waals surface area contributed by atoms with Crippen LogP contribution in [0.15, 0.2) is 82.6 Å². The third-order valence-electron chi connectivity index (χ3n) is 6.78. The molecule has 180 valence electrons. The predicted octanol–water partition coefficient (Wildman–Crippen LogP) is 6.10. The zero-order chi connectivity index (χ0) is 24.6. The second-order valence-electron chi connectivity index (χ2n) is 10.1. The van der Waals surface area contributed by atoms with Gasteiger partial charge in [0.2, 0.25) is 5.91 Å². The summed E-state index contributed by atoms with van der Waals surface area (Å²) in [5.41, 5.74) is 5.12. The normalized spacial score (nSPS) is 18.9. The molecule has 2 aromatic carbocycles. The molecule has 0 radical (unpaired) electrons. The smallest absolute Gasteiger partial charge is 0.243 e. The maximum atomic E-state index is 13.6. The molecule has 2 heterocycles. The van der Waals surface area contributed by atoms with Crippen LogP contribution in [-0.2, 0) is 16.0 Å². The van der Waals surface area contributed by atoms with Crippen molar-refractivity contribution in [2.45, 2.75) is 46.1 Å². The number of nitrogens with zero attached hydrogens (tertiary/aromatic N) is 1. The average molecular weight is 470 g/mol. The minimum absolute atomic E-state index is 0.0625. The fraction of sp³-hybridized carbons (Fsp3) is 0.310. The molecule has 1 aliphatic carbocycles. The largest absolute Gasteiger partial charge is 0.467 e. The Labute approximate surface area is 206 Å². The van der Waals surface area contributed by atoms with Crippen LogP contribution in [0.3, 0.4) is 0 Å². The minimum atomic E-state index is -0.507. The van der Waals surface area contributed by atoms with Gasteiger partial charge < -0.3 is 20.0 Å². The van der Waals surface area contributed by atoms with Gasteiger partial charge in [-0.3, -0.25) is 9.59 Å². The maximum Gasteiger partial charge on any atom is 0.243 e. The summed E-state index contributed by atoms with van der Waals surface area (Å²) in [7, 11) is 0. The van der Waals surface area contributed by atoms with Crippen LogP contribution < -0.4 is 15.5 Å². The van der Waals surface area contributed by atoms with Gasteiger partial charge in [0.1, 0.15) is 11.8 Å². The highest BCUT2D eigenvalue weighted by Crippen LogP contribution is 2.48. The summed E-state index contributed by atoms with van der Waals surface area (Å²) >= 11 is 0. The molecule has 5 rings (SSSR count). The third-order valence-corrected chi connectivity index (χ3v) is 6.78. The molecule has 0 saturated carbocycles. The second-order valence-corrected chi connectivity index (χ2v) is 10.1. The highest BCUT2D eigenvalue weighted by Gasteiger charge is 2.42. The molecule has 2 N–H and O–H groups in total. The van der Waals surface area contributed by atoms with E-state index in [4.69, 9.17) is 4.42 Å². The summed E-state index contributed by atoms with van der Waals surface area (Å²) < 4.78 is 5.86. The van der Waals surface area contributed by atoms with E-state index >= 15 is 0 Å². The van der Waals surface area contributed by atoms with Gasteiger partial charge in [-0.2, -0.15) is 0 Å². The minimum Gasteiger partial charge on any atom is -0.467 e. The lowest BCUT2D eigenvalue weighted by molar-refractivity contribution is -0.119. The fourth-order valence-electron chi connectivity index (χ4n) is 5.15. The molecule has 0 saturated heterocycles. The first-order valence-corrected chi connectivity index (χ1v) is 12.2. The van der Waals surface area contributed by atoms with Crippen LogP contribution in [0.25, 0.3) is 0 Å². The summed E-state index contributed by atoms with van der Waals surface area (Å²) in [5, 5.41) is 6.57. The van der Waals surface area contributed by atoms with E-state index in [-0.39, 0.29) is 23.7 Å². The van der Waals surface area contributed by atoms with Gasteiger partial charge in [0.05, 0.1) is 24.2 Å². The molecule has 6 heteroatoms. The van der Waals surface area contributed by atoms with E-state index in [0.717, 1.165) is 35.6 Å². The molecule has 2 aliphatic rings. The van der Waals surface area contributed by atoms with E-state index in [2.05, 4.69) is 31.4 Å². The number of carbonyl (C=O) groups excluding carboxylic acids is 2.